The molecule has 0 heterocycles. The molecule has 0 spiro atoms. The lowest BCUT2D eigenvalue weighted by Gasteiger charge is -2.14. The SMILES string of the molecule is N[C@@H](c1cc(OC(F)(F)F)ccc1F)C1CC1. The fourth-order valence-electron chi connectivity index (χ4n) is 1.68. The normalized spacial score (nSPS) is 17.9. The largest absolute Gasteiger partial charge is 0.573 e. The average molecular weight is 249 g/mol. The van der Waals surface area contributed by atoms with E-state index < -0.39 is 24.0 Å². The first-order valence-electron chi connectivity index (χ1n) is 5.17. The Morgan fingerprint density at radius 1 is 1.29 bits per heavy atom. The molecule has 6 heteroatoms. The molecule has 1 aromatic rings. The molecular formula is C11H11F4NO. The van der Waals surface area contributed by atoms with E-state index in [0.717, 1.165) is 31.0 Å². The fraction of sp³-hybridized carbons (Fsp3) is 0.455. The summed E-state index contributed by atoms with van der Waals surface area (Å²) >= 11 is 0. The third-order valence-electron chi connectivity index (χ3n) is 2.69. The van der Waals surface area contributed by atoms with Crippen molar-refractivity contribution in [1.82, 2.24) is 0 Å². The highest BCUT2D eigenvalue weighted by molar-refractivity contribution is 5.32. The molecule has 0 amide bonds. The van der Waals surface area contributed by atoms with Gasteiger partial charge in [-0.05, 0) is 37.0 Å². The third kappa shape index (κ3) is 3.09. The van der Waals surface area contributed by atoms with Crippen molar-refractivity contribution in [3.63, 3.8) is 0 Å². The van der Waals surface area contributed by atoms with Gasteiger partial charge in [-0.2, -0.15) is 0 Å². The fourth-order valence-corrected chi connectivity index (χ4v) is 1.68. The molecule has 1 aliphatic rings. The minimum atomic E-state index is -4.78. The van der Waals surface area contributed by atoms with Gasteiger partial charge >= 0.3 is 6.36 Å². The maximum atomic E-state index is 13.4. The Morgan fingerprint density at radius 2 is 1.94 bits per heavy atom. The van der Waals surface area contributed by atoms with E-state index in [1.54, 1.807) is 0 Å². The first-order chi connectivity index (χ1) is 7.87. The van der Waals surface area contributed by atoms with Crippen LogP contribution in [0.3, 0.4) is 0 Å². The zero-order valence-electron chi connectivity index (χ0n) is 8.80. The highest BCUT2D eigenvalue weighted by Crippen LogP contribution is 2.41. The van der Waals surface area contributed by atoms with Crippen molar-refractivity contribution in [3.8, 4) is 5.75 Å². The molecule has 1 fully saturated rings. The second-order valence-corrected chi connectivity index (χ2v) is 4.09. The first-order valence-corrected chi connectivity index (χ1v) is 5.17. The van der Waals surface area contributed by atoms with Gasteiger partial charge in [-0.25, -0.2) is 4.39 Å². The first kappa shape index (κ1) is 12.2. The van der Waals surface area contributed by atoms with Gasteiger partial charge in [-0.1, -0.05) is 0 Å². The number of alkyl halides is 3. The topological polar surface area (TPSA) is 35.2 Å². The van der Waals surface area contributed by atoms with Gasteiger partial charge in [0.2, 0.25) is 0 Å². The predicted molar refractivity (Wildman–Crippen MR) is 52.7 cm³/mol. The molecule has 2 rings (SSSR count). The molecule has 0 aliphatic heterocycles. The zero-order chi connectivity index (χ0) is 12.6. The van der Waals surface area contributed by atoms with E-state index in [2.05, 4.69) is 4.74 Å². The summed E-state index contributed by atoms with van der Waals surface area (Å²) in [5.74, 6) is -0.880. The van der Waals surface area contributed by atoms with Crippen molar-refractivity contribution < 1.29 is 22.3 Å². The Hall–Kier alpha value is -1.30. The maximum absolute atomic E-state index is 13.4. The number of benzene rings is 1. The monoisotopic (exact) mass is 249 g/mol. The summed E-state index contributed by atoms with van der Waals surface area (Å²) in [6.45, 7) is 0. The summed E-state index contributed by atoms with van der Waals surface area (Å²) in [5.41, 5.74) is 5.83. The van der Waals surface area contributed by atoms with E-state index in [-0.39, 0.29) is 11.5 Å². The van der Waals surface area contributed by atoms with E-state index in [1.165, 1.54) is 0 Å². The summed E-state index contributed by atoms with van der Waals surface area (Å²) in [5, 5.41) is 0. The standard InChI is InChI=1S/C11H11F4NO/c12-9-4-3-7(17-11(13,14)15)5-8(9)10(16)6-1-2-6/h3-6,10H,1-2,16H2/t10-/m1/s1. The molecule has 0 aromatic heterocycles. The van der Waals surface area contributed by atoms with E-state index in [9.17, 15) is 17.6 Å². The summed E-state index contributed by atoms with van der Waals surface area (Å²) in [6.07, 6.45) is -3.02. The van der Waals surface area contributed by atoms with Crippen molar-refractivity contribution in [2.24, 2.45) is 11.7 Å². The smallest absolute Gasteiger partial charge is 0.406 e. The highest BCUT2D eigenvalue weighted by Gasteiger charge is 2.33. The average Bonchev–Trinajstić information content (AvgIpc) is 3.01. The van der Waals surface area contributed by atoms with Crippen molar-refractivity contribution in [2.45, 2.75) is 25.2 Å². The zero-order valence-corrected chi connectivity index (χ0v) is 8.80. The van der Waals surface area contributed by atoms with E-state index in [4.69, 9.17) is 5.73 Å². The van der Waals surface area contributed by atoms with Crippen LogP contribution < -0.4 is 10.5 Å². The second kappa shape index (κ2) is 4.18. The van der Waals surface area contributed by atoms with Crippen LogP contribution in [-0.4, -0.2) is 6.36 Å². The molecule has 1 atom stereocenters. The van der Waals surface area contributed by atoms with Gasteiger partial charge in [0.25, 0.3) is 0 Å². The number of ether oxygens (including phenoxy) is 1. The van der Waals surface area contributed by atoms with Crippen LogP contribution in [0.5, 0.6) is 5.75 Å². The van der Waals surface area contributed by atoms with Crippen LogP contribution in [0.4, 0.5) is 17.6 Å². The van der Waals surface area contributed by atoms with Crippen molar-refractivity contribution >= 4 is 0 Å². The lowest BCUT2D eigenvalue weighted by Crippen LogP contribution is -2.18. The minimum Gasteiger partial charge on any atom is -0.406 e. The van der Waals surface area contributed by atoms with Crippen LogP contribution in [0, 0.1) is 11.7 Å². The molecule has 1 saturated carbocycles. The number of halogens is 4. The van der Waals surface area contributed by atoms with Gasteiger partial charge in [0.05, 0.1) is 0 Å². The van der Waals surface area contributed by atoms with Gasteiger partial charge in [0, 0.05) is 11.6 Å². The summed E-state index contributed by atoms with van der Waals surface area (Å²) in [4.78, 5) is 0. The van der Waals surface area contributed by atoms with Crippen LogP contribution in [0.2, 0.25) is 0 Å². The van der Waals surface area contributed by atoms with Crippen molar-refractivity contribution in [2.75, 3.05) is 0 Å². The van der Waals surface area contributed by atoms with Crippen LogP contribution in [-0.2, 0) is 0 Å². The van der Waals surface area contributed by atoms with Gasteiger partial charge in [-0.3, -0.25) is 0 Å². The third-order valence-corrected chi connectivity index (χ3v) is 2.69. The maximum Gasteiger partial charge on any atom is 0.573 e. The van der Waals surface area contributed by atoms with Crippen LogP contribution >= 0.6 is 0 Å². The van der Waals surface area contributed by atoms with E-state index in [1.807, 2.05) is 0 Å². The molecule has 0 unspecified atom stereocenters. The molecular weight excluding hydrogens is 238 g/mol. The van der Waals surface area contributed by atoms with Crippen LogP contribution in [0.15, 0.2) is 18.2 Å². The molecule has 2 N–H and O–H groups in total. The highest BCUT2D eigenvalue weighted by atomic mass is 19.4. The van der Waals surface area contributed by atoms with Gasteiger partial charge < -0.3 is 10.5 Å². The summed E-state index contributed by atoms with van der Waals surface area (Å²) in [6, 6.07) is 2.34. The minimum absolute atomic E-state index is 0.0780. The number of hydrogen-bond acceptors (Lipinski definition) is 2. The van der Waals surface area contributed by atoms with Gasteiger partial charge in [0.15, 0.2) is 0 Å². The lowest BCUT2D eigenvalue weighted by molar-refractivity contribution is -0.274. The summed E-state index contributed by atoms with van der Waals surface area (Å²) in [7, 11) is 0. The number of hydrogen-bond donors (Lipinski definition) is 1. The Morgan fingerprint density at radius 3 is 2.47 bits per heavy atom. The number of nitrogens with two attached hydrogens (primary N) is 1. The Kier molecular flexibility index (Phi) is 2.99. The molecule has 94 valence electrons. The molecule has 0 saturated heterocycles. The van der Waals surface area contributed by atoms with Crippen LogP contribution in [0.1, 0.15) is 24.4 Å². The Balaban J connectivity index is 2.22. The van der Waals surface area contributed by atoms with Crippen LogP contribution in [0.25, 0.3) is 0 Å². The molecule has 17 heavy (non-hydrogen) atoms. The molecule has 1 aromatic carbocycles. The van der Waals surface area contributed by atoms with Gasteiger partial charge in [-0.15, -0.1) is 13.2 Å². The van der Waals surface area contributed by atoms with Crippen molar-refractivity contribution in [1.29, 1.82) is 0 Å². The molecule has 0 radical (unpaired) electrons. The van der Waals surface area contributed by atoms with E-state index in [0.29, 0.717) is 0 Å². The quantitative estimate of drug-likeness (QED) is 0.835. The van der Waals surface area contributed by atoms with Gasteiger partial charge in [0.1, 0.15) is 11.6 Å². The molecule has 0 bridgehead atoms. The Labute approximate surface area is 95.4 Å². The Bertz CT molecular complexity index is 414. The lowest BCUT2D eigenvalue weighted by atomic mass is 10.0. The van der Waals surface area contributed by atoms with E-state index >= 15 is 0 Å². The molecule has 2 nitrogen and oxygen atoms in total. The molecule has 1 aliphatic carbocycles. The summed E-state index contributed by atoms with van der Waals surface area (Å²) < 4.78 is 53.1. The predicted octanol–water partition coefficient (Wildman–Crippen LogP) is 3.13. The second-order valence-electron chi connectivity index (χ2n) is 4.09. The number of rotatable bonds is 3. The van der Waals surface area contributed by atoms with Crippen molar-refractivity contribution in [3.05, 3.63) is 29.6 Å².